The van der Waals surface area contributed by atoms with Crippen LogP contribution in [0.4, 0.5) is 0 Å². The van der Waals surface area contributed by atoms with Crippen molar-refractivity contribution in [3.8, 4) is 40.1 Å². The molecule has 3 aromatic rings. The summed E-state index contributed by atoms with van der Waals surface area (Å²) in [6.07, 6.45) is 0. The molecule has 1 heterocycles. The smallest absolute Gasteiger partial charge is 0.239 e. The van der Waals surface area contributed by atoms with Crippen molar-refractivity contribution in [1.29, 1.82) is 0 Å². The van der Waals surface area contributed by atoms with E-state index in [1.807, 2.05) is 0 Å². The van der Waals surface area contributed by atoms with Crippen LogP contribution in [-0.4, -0.2) is 40.7 Å². The van der Waals surface area contributed by atoms with E-state index in [0.29, 0.717) is 0 Å². The van der Waals surface area contributed by atoms with Gasteiger partial charge in [-0.3, -0.25) is 4.79 Å². The summed E-state index contributed by atoms with van der Waals surface area (Å²) in [5, 5.41) is 38.7. The fraction of sp³-hybridized carbons (Fsp3) is 0.167. The normalized spacial score (nSPS) is 11.0. The maximum Gasteiger partial charge on any atom is 0.239 e. The van der Waals surface area contributed by atoms with E-state index in [4.69, 9.17) is 13.9 Å². The van der Waals surface area contributed by atoms with Gasteiger partial charge >= 0.3 is 0 Å². The monoisotopic (exact) mass is 360 g/mol. The highest BCUT2D eigenvalue weighted by molar-refractivity contribution is 5.88. The van der Waals surface area contributed by atoms with Gasteiger partial charge in [0, 0.05) is 24.8 Å². The zero-order valence-electron chi connectivity index (χ0n) is 13.7. The van der Waals surface area contributed by atoms with Gasteiger partial charge in [-0.2, -0.15) is 0 Å². The maximum atomic E-state index is 12.8. The van der Waals surface area contributed by atoms with Crippen LogP contribution in [0.15, 0.2) is 39.5 Å². The van der Waals surface area contributed by atoms with Gasteiger partial charge in [0.1, 0.15) is 29.1 Å². The third-order valence-electron chi connectivity index (χ3n) is 3.69. The van der Waals surface area contributed by atoms with Gasteiger partial charge in [0.15, 0.2) is 17.3 Å². The third kappa shape index (κ3) is 3.09. The molecular formula is C18H16O8. The van der Waals surface area contributed by atoms with Crippen LogP contribution in [0.1, 0.15) is 0 Å². The largest absolute Gasteiger partial charge is 0.508 e. The lowest BCUT2D eigenvalue weighted by atomic mass is 10.1. The molecule has 1 aromatic heterocycles. The average Bonchev–Trinajstić information content (AvgIpc) is 2.58. The topological polar surface area (TPSA) is 130 Å². The molecule has 0 saturated heterocycles. The minimum atomic E-state index is -0.651. The van der Waals surface area contributed by atoms with Crippen molar-refractivity contribution < 1.29 is 34.3 Å². The molecular weight excluding hydrogens is 344 g/mol. The Kier molecular flexibility index (Phi) is 4.59. The molecule has 0 fully saturated rings. The summed E-state index contributed by atoms with van der Waals surface area (Å²) in [4.78, 5) is 12.8. The predicted octanol–water partition coefficient (Wildman–Crippen LogP) is 2.31. The van der Waals surface area contributed by atoms with Gasteiger partial charge in [0.2, 0.25) is 11.2 Å². The van der Waals surface area contributed by atoms with Crippen molar-refractivity contribution in [2.75, 3.05) is 20.3 Å². The second-order valence-corrected chi connectivity index (χ2v) is 5.47. The lowest BCUT2D eigenvalue weighted by Gasteiger charge is -2.12. The second kappa shape index (κ2) is 6.85. The number of hydrogen-bond acceptors (Lipinski definition) is 8. The van der Waals surface area contributed by atoms with Crippen LogP contribution < -0.4 is 10.2 Å². The minimum Gasteiger partial charge on any atom is -0.508 e. The second-order valence-electron chi connectivity index (χ2n) is 5.47. The summed E-state index contributed by atoms with van der Waals surface area (Å²) in [6, 6.07) is 6.05. The Morgan fingerprint density at radius 3 is 2.42 bits per heavy atom. The van der Waals surface area contributed by atoms with Crippen LogP contribution >= 0.6 is 0 Å². The van der Waals surface area contributed by atoms with Crippen LogP contribution in [0, 0.1) is 0 Å². The summed E-state index contributed by atoms with van der Waals surface area (Å²) >= 11 is 0. The van der Waals surface area contributed by atoms with Crippen molar-refractivity contribution in [2.24, 2.45) is 0 Å². The fourth-order valence-corrected chi connectivity index (χ4v) is 2.48. The molecule has 2 aromatic carbocycles. The molecule has 0 saturated carbocycles. The van der Waals surface area contributed by atoms with Gasteiger partial charge in [0.25, 0.3) is 0 Å². The molecule has 0 amide bonds. The van der Waals surface area contributed by atoms with Crippen LogP contribution in [-0.2, 0) is 4.74 Å². The molecule has 8 heteroatoms. The molecule has 8 nitrogen and oxygen atoms in total. The summed E-state index contributed by atoms with van der Waals surface area (Å²) in [5.41, 5.74) is -0.453. The number of aromatic hydroxyl groups is 4. The Morgan fingerprint density at radius 1 is 0.962 bits per heavy atom. The summed E-state index contributed by atoms with van der Waals surface area (Å²) in [7, 11) is 1.47. The van der Waals surface area contributed by atoms with Crippen LogP contribution in [0.25, 0.3) is 22.3 Å². The predicted molar refractivity (Wildman–Crippen MR) is 92.0 cm³/mol. The van der Waals surface area contributed by atoms with Gasteiger partial charge in [-0.25, -0.2) is 0 Å². The lowest BCUT2D eigenvalue weighted by Crippen LogP contribution is -2.13. The van der Waals surface area contributed by atoms with Crippen LogP contribution in [0.5, 0.6) is 28.7 Å². The van der Waals surface area contributed by atoms with Crippen molar-refractivity contribution >= 4 is 11.0 Å². The van der Waals surface area contributed by atoms with E-state index < -0.39 is 16.9 Å². The quantitative estimate of drug-likeness (QED) is 0.403. The standard InChI is InChI=1S/C18H16O8/c1-24-4-5-25-18-16(23)15-13(22)7-10(19)8-14(15)26-17(18)9-2-3-11(20)12(21)6-9/h2-3,6-8,19-22H,4-5H2,1H3. The molecule has 3 rings (SSSR count). The summed E-state index contributed by atoms with van der Waals surface area (Å²) in [6.45, 7) is 0.252. The number of benzene rings is 2. The van der Waals surface area contributed by atoms with E-state index in [1.165, 1.54) is 31.4 Å². The highest BCUT2D eigenvalue weighted by Gasteiger charge is 2.21. The van der Waals surface area contributed by atoms with Gasteiger partial charge in [-0.15, -0.1) is 0 Å². The minimum absolute atomic E-state index is 0.0288. The van der Waals surface area contributed by atoms with E-state index in [0.717, 1.165) is 6.07 Å². The summed E-state index contributed by atoms with van der Waals surface area (Å²) < 4.78 is 16.0. The van der Waals surface area contributed by atoms with Gasteiger partial charge in [0.05, 0.1) is 6.61 Å². The van der Waals surface area contributed by atoms with Crippen molar-refractivity contribution in [2.45, 2.75) is 0 Å². The van der Waals surface area contributed by atoms with Gasteiger partial charge in [-0.1, -0.05) is 0 Å². The zero-order chi connectivity index (χ0) is 18.8. The molecule has 0 aliphatic rings. The number of methoxy groups -OCH3 is 1. The van der Waals surface area contributed by atoms with Crippen molar-refractivity contribution in [3.05, 3.63) is 40.6 Å². The number of hydrogen-bond donors (Lipinski definition) is 4. The molecule has 26 heavy (non-hydrogen) atoms. The SMILES string of the molecule is COCCOc1c(-c2ccc(O)c(O)c2)oc2cc(O)cc(O)c2c1=O. The number of ether oxygens (including phenoxy) is 2. The molecule has 0 radical (unpaired) electrons. The maximum absolute atomic E-state index is 12.8. The first-order valence-electron chi connectivity index (χ1n) is 7.59. The molecule has 0 atom stereocenters. The Balaban J connectivity index is 2.29. The molecule has 4 N–H and O–H groups in total. The molecule has 0 unspecified atom stereocenters. The number of phenols is 4. The van der Waals surface area contributed by atoms with Crippen LogP contribution in [0.3, 0.4) is 0 Å². The van der Waals surface area contributed by atoms with E-state index in [9.17, 15) is 25.2 Å². The first kappa shape index (κ1) is 17.4. The number of phenolic OH excluding ortho intramolecular Hbond substituents is 4. The number of rotatable bonds is 5. The molecule has 136 valence electrons. The Morgan fingerprint density at radius 2 is 1.73 bits per heavy atom. The fourth-order valence-electron chi connectivity index (χ4n) is 2.48. The van der Waals surface area contributed by atoms with Crippen molar-refractivity contribution in [3.63, 3.8) is 0 Å². The van der Waals surface area contributed by atoms with Crippen molar-refractivity contribution in [1.82, 2.24) is 0 Å². The van der Waals surface area contributed by atoms with E-state index in [2.05, 4.69) is 0 Å². The molecule has 0 bridgehead atoms. The van der Waals surface area contributed by atoms with Gasteiger partial charge in [-0.05, 0) is 18.2 Å². The van der Waals surface area contributed by atoms with E-state index in [-0.39, 0.29) is 52.8 Å². The first-order chi connectivity index (χ1) is 12.4. The Labute approximate surface area is 147 Å². The Hall–Kier alpha value is -3.39. The summed E-state index contributed by atoms with van der Waals surface area (Å²) in [5.74, 6) is -1.71. The first-order valence-corrected chi connectivity index (χ1v) is 7.59. The highest BCUT2D eigenvalue weighted by Crippen LogP contribution is 2.38. The van der Waals surface area contributed by atoms with E-state index in [1.54, 1.807) is 0 Å². The molecule has 0 spiro atoms. The average molecular weight is 360 g/mol. The third-order valence-corrected chi connectivity index (χ3v) is 3.69. The molecule has 0 aliphatic heterocycles. The van der Waals surface area contributed by atoms with Gasteiger partial charge < -0.3 is 34.3 Å². The Bertz CT molecular complexity index is 1020. The zero-order valence-corrected chi connectivity index (χ0v) is 13.7. The van der Waals surface area contributed by atoms with E-state index >= 15 is 0 Å². The molecule has 0 aliphatic carbocycles. The lowest BCUT2D eigenvalue weighted by molar-refractivity contribution is 0.145. The number of fused-ring (bicyclic) bond motifs is 1. The van der Waals surface area contributed by atoms with Crippen LogP contribution in [0.2, 0.25) is 0 Å². The highest BCUT2D eigenvalue weighted by atomic mass is 16.5.